The Labute approximate surface area is 244 Å². The molecule has 1 aliphatic rings. The van der Waals surface area contributed by atoms with E-state index in [1.165, 1.54) is 18.9 Å². The Hall–Kier alpha value is -3.47. The number of aromatic nitrogens is 1. The number of ether oxygens (including phenoxy) is 2. The van der Waals surface area contributed by atoms with E-state index in [1.54, 1.807) is 12.1 Å². The van der Waals surface area contributed by atoms with E-state index in [4.69, 9.17) is 21.1 Å². The van der Waals surface area contributed by atoms with Crippen LogP contribution < -0.4 is 4.74 Å². The molecule has 0 bridgehead atoms. The van der Waals surface area contributed by atoms with Gasteiger partial charge in [0.1, 0.15) is 17.0 Å². The molecule has 1 unspecified atom stereocenters. The Morgan fingerprint density at radius 2 is 1.55 bits per heavy atom. The standard InChI is InChI=1S/C30H29ClF6N2O3/c1-6-28(3,4)18-7-9-24(41-5)22(14-18)21-8-10-25(31)38-23(21)15-39-16(2)26(42-27(39)40)17-11-19(29(32,33)34)13-20(12-17)30(35,36)37/h7-14,16,26H,6,15H2,1-5H3/t16-,26?/m0/s1. The van der Waals surface area contributed by atoms with Crippen molar-refractivity contribution in [1.29, 1.82) is 0 Å². The van der Waals surface area contributed by atoms with Crippen LogP contribution in [0.5, 0.6) is 5.75 Å². The summed E-state index contributed by atoms with van der Waals surface area (Å²) in [5, 5.41) is 0.127. The van der Waals surface area contributed by atoms with E-state index in [9.17, 15) is 31.1 Å². The SMILES string of the molecule is CCC(C)(C)c1ccc(OC)c(-c2ccc(Cl)nc2CN2C(=O)OC(c3cc(C(F)(F)F)cc(C(F)(F)F)c3)[C@@H]2C)c1. The van der Waals surface area contributed by atoms with Crippen molar-refractivity contribution in [2.75, 3.05) is 7.11 Å². The second-order valence-corrected chi connectivity index (χ2v) is 11.2. The van der Waals surface area contributed by atoms with E-state index in [0.29, 0.717) is 34.7 Å². The fourth-order valence-electron chi connectivity index (χ4n) is 4.85. The molecule has 5 nitrogen and oxygen atoms in total. The van der Waals surface area contributed by atoms with Crippen molar-refractivity contribution in [2.45, 2.75) is 70.6 Å². The smallest absolute Gasteiger partial charge is 0.416 e. The second kappa shape index (κ2) is 11.3. The molecule has 12 heteroatoms. The first-order chi connectivity index (χ1) is 19.5. The molecule has 2 atom stereocenters. The minimum atomic E-state index is -5.04. The first-order valence-electron chi connectivity index (χ1n) is 13.1. The van der Waals surface area contributed by atoms with Gasteiger partial charge in [-0.3, -0.25) is 4.90 Å². The lowest BCUT2D eigenvalue weighted by Crippen LogP contribution is -2.32. The number of methoxy groups -OCH3 is 1. The highest BCUT2D eigenvalue weighted by Crippen LogP contribution is 2.42. The number of halogens is 7. The highest BCUT2D eigenvalue weighted by molar-refractivity contribution is 6.29. The van der Waals surface area contributed by atoms with Gasteiger partial charge in [-0.1, -0.05) is 38.4 Å². The van der Waals surface area contributed by atoms with Crippen LogP contribution in [0.2, 0.25) is 5.15 Å². The number of alkyl halides is 6. The molecule has 1 aromatic heterocycles. The van der Waals surface area contributed by atoms with Gasteiger partial charge in [-0.25, -0.2) is 9.78 Å². The summed E-state index contributed by atoms with van der Waals surface area (Å²) in [4.78, 5) is 18.6. The lowest BCUT2D eigenvalue weighted by Gasteiger charge is -2.26. The molecule has 1 fully saturated rings. The zero-order chi connectivity index (χ0) is 31.2. The van der Waals surface area contributed by atoms with Crippen molar-refractivity contribution in [3.05, 3.63) is 81.6 Å². The number of hydrogen-bond donors (Lipinski definition) is 0. The normalized spacial score (nSPS) is 17.9. The zero-order valence-electron chi connectivity index (χ0n) is 23.5. The maximum absolute atomic E-state index is 13.5. The number of nitrogens with zero attached hydrogens (tertiary/aromatic N) is 2. The third-order valence-corrected chi connectivity index (χ3v) is 7.96. The van der Waals surface area contributed by atoms with Gasteiger partial charge in [0.25, 0.3) is 0 Å². The first kappa shape index (κ1) is 31.5. The number of hydrogen-bond acceptors (Lipinski definition) is 4. The topological polar surface area (TPSA) is 51.7 Å². The van der Waals surface area contributed by atoms with Crippen LogP contribution in [-0.4, -0.2) is 29.1 Å². The number of pyridine rings is 1. The summed E-state index contributed by atoms with van der Waals surface area (Å²) in [7, 11) is 1.52. The summed E-state index contributed by atoms with van der Waals surface area (Å²) in [6, 6.07) is 9.29. The Morgan fingerprint density at radius 1 is 0.929 bits per heavy atom. The lowest BCUT2D eigenvalue weighted by atomic mass is 9.81. The first-order valence-corrected chi connectivity index (χ1v) is 13.4. The van der Waals surface area contributed by atoms with Gasteiger partial charge in [0.2, 0.25) is 0 Å². The molecule has 3 aromatic rings. The van der Waals surface area contributed by atoms with Crippen LogP contribution in [0.4, 0.5) is 31.1 Å². The molecule has 4 rings (SSSR count). The minimum Gasteiger partial charge on any atom is -0.496 e. The van der Waals surface area contributed by atoms with Crippen LogP contribution in [0.3, 0.4) is 0 Å². The second-order valence-electron chi connectivity index (χ2n) is 10.8. The molecule has 1 aliphatic heterocycles. The van der Waals surface area contributed by atoms with Crippen LogP contribution in [0, 0.1) is 0 Å². The van der Waals surface area contributed by atoms with Gasteiger partial charge in [0, 0.05) is 11.1 Å². The molecule has 2 heterocycles. The largest absolute Gasteiger partial charge is 0.496 e. The van der Waals surface area contributed by atoms with Crippen molar-refractivity contribution < 1.29 is 40.6 Å². The quantitative estimate of drug-likeness (QED) is 0.197. The average molecular weight is 615 g/mol. The fourth-order valence-corrected chi connectivity index (χ4v) is 5.01. The van der Waals surface area contributed by atoms with Gasteiger partial charge in [-0.15, -0.1) is 0 Å². The van der Waals surface area contributed by atoms with Crippen molar-refractivity contribution in [1.82, 2.24) is 9.88 Å². The summed E-state index contributed by atoms with van der Waals surface area (Å²) in [5.74, 6) is 0.537. The van der Waals surface area contributed by atoms with Crippen LogP contribution in [-0.2, 0) is 29.0 Å². The highest BCUT2D eigenvalue weighted by atomic mass is 35.5. The van der Waals surface area contributed by atoms with Crippen LogP contribution >= 0.6 is 11.6 Å². The third kappa shape index (κ3) is 6.30. The molecular formula is C30H29ClF6N2O3. The minimum absolute atomic E-state index is 0.0339. The molecule has 226 valence electrons. The number of benzene rings is 2. The van der Waals surface area contributed by atoms with E-state index < -0.39 is 47.3 Å². The van der Waals surface area contributed by atoms with Gasteiger partial charge < -0.3 is 9.47 Å². The number of rotatable bonds is 7. The maximum Gasteiger partial charge on any atom is 0.416 e. The summed E-state index contributed by atoms with van der Waals surface area (Å²) in [6.45, 7) is 7.57. The Bertz CT molecular complexity index is 1460. The van der Waals surface area contributed by atoms with E-state index >= 15 is 0 Å². The lowest BCUT2D eigenvalue weighted by molar-refractivity contribution is -0.143. The van der Waals surface area contributed by atoms with E-state index in [-0.39, 0.29) is 23.2 Å². The molecule has 1 amide bonds. The molecule has 0 aliphatic carbocycles. The third-order valence-electron chi connectivity index (χ3n) is 7.75. The summed E-state index contributed by atoms with van der Waals surface area (Å²) >= 11 is 6.22. The van der Waals surface area contributed by atoms with Crippen molar-refractivity contribution in [2.24, 2.45) is 0 Å². The number of carbonyl (C=O) groups excluding carboxylic acids is 1. The molecule has 0 spiro atoms. The Balaban J connectivity index is 1.75. The number of cyclic esters (lactones) is 1. The predicted molar refractivity (Wildman–Crippen MR) is 145 cm³/mol. The monoisotopic (exact) mass is 614 g/mol. The van der Waals surface area contributed by atoms with Gasteiger partial charge in [-0.2, -0.15) is 26.3 Å². The van der Waals surface area contributed by atoms with Crippen LogP contribution in [0.25, 0.3) is 11.1 Å². The van der Waals surface area contributed by atoms with Crippen LogP contribution in [0.1, 0.15) is 68.2 Å². The average Bonchev–Trinajstić information content (AvgIpc) is 3.20. The molecule has 0 saturated carbocycles. The van der Waals surface area contributed by atoms with Crippen molar-refractivity contribution in [3.8, 4) is 16.9 Å². The van der Waals surface area contributed by atoms with Gasteiger partial charge in [0.15, 0.2) is 0 Å². The highest BCUT2D eigenvalue weighted by Gasteiger charge is 2.43. The van der Waals surface area contributed by atoms with Crippen LogP contribution in [0.15, 0.2) is 48.5 Å². The molecule has 2 aromatic carbocycles. The predicted octanol–water partition coefficient (Wildman–Crippen LogP) is 9.22. The fraction of sp³-hybridized carbons (Fsp3) is 0.400. The molecule has 0 radical (unpaired) electrons. The Morgan fingerprint density at radius 3 is 2.10 bits per heavy atom. The summed E-state index contributed by atoms with van der Waals surface area (Å²) < 4.78 is 91.8. The van der Waals surface area contributed by atoms with E-state index in [1.807, 2.05) is 18.2 Å². The molecular weight excluding hydrogens is 586 g/mol. The summed E-state index contributed by atoms with van der Waals surface area (Å²) in [5.41, 5.74) is -0.924. The number of carbonyl (C=O) groups is 1. The van der Waals surface area contributed by atoms with Gasteiger partial charge >= 0.3 is 18.4 Å². The molecule has 0 N–H and O–H groups in total. The van der Waals surface area contributed by atoms with Crippen molar-refractivity contribution in [3.63, 3.8) is 0 Å². The van der Waals surface area contributed by atoms with E-state index in [0.717, 1.165) is 12.0 Å². The van der Waals surface area contributed by atoms with Gasteiger partial charge in [-0.05, 0) is 72.4 Å². The maximum atomic E-state index is 13.5. The summed E-state index contributed by atoms with van der Waals surface area (Å²) in [6.07, 6.45) is -11.5. The van der Waals surface area contributed by atoms with Crippen molar-refractivity contribution >= 4 is 17.7 Å². The van der Waals surface area contributed by atoms with Gasteiger partial charge in [0.05, 0.1) is 36.5 Å². The Kier molecular flexibility index (Phi) is 8.48. The van der Waals surface area contributed by atoms with E-state index in [2.05, 4.69) is 25.8 Å². The zero-order valence-corrected chi connectivity index (χ0v) is 24.2. The molecule has 42 heavy (non-hydrogen) atoms. The number of amides is 1. The molecule has 1 saturated heterocycles.